The Hall–Kier alpha value is -0.260. The summed E-state index contributed by atoms with van der Waals surface area (Å²) in [6.45, 7) is 0. The Bertz CT molecular complexity index is 269. The highest BCUT2D eigenvalue weighted by molar-refractivity contribution is 5.29. The van der Waals surface area contributed by atoms with Crippen molar-refractivity contribution in [3.63, 3.8) is 0 Å². The van der Waals surface area contributed by atoms with Gasteiger partial charge in [-0.2, -0.15) is 0 Å². The van der Waals surface area contributed by atoms with Gasteiger partial charge in [0, 0.05) is 0 Å². The van der Waals surface area contributed by atoms with Gasteiger partial charge >= 0.3 is 0 Å². The van der Waals surface area contributed by atoms with E-state index in [1.54, 1.807) is 38.5 Å². The van der Waals surface area contributed by atoms with Gasteiger partial charge < -0.3 is 0 Å². The lowest BCUT2D eigenvalue weighted by atomic mass is 9.83. The van der Waals surface area contributed by atoms with Crippen LogP contribution in [-0.2, 0) is 0 Å². The van der Waals surface area contributed by atoms with Crippen LogP contribution in [0.2, 0.25) is 0 Å². The second-order valence-electron chi connectivity index (χ2n) is 6.21. The second kappa shape index (κ2) is 2.65. The van der Waals surface area contributed by atoms with Crippen LogP contribution in [0.1, 0.15) is 51.4 Å². The van der Waals surface area contributed by atoms with Gasteiger partial charge in [-0.15, -0.1) is 0 Å². The lowest BCUT2D eigenvalue weighted by molar-refractivity contribution is 0.521. The lowest BCUT2D eigenvalue weighted by Gasteiger charge is -2.22. The summed E-state index contributed by atoms with van der Waals surface area (Å²) in [5, 5.41) is 0. The summed E-state index contributed by atoms with van der Waals surface area (Å²) >= 11 is 0. The zero-order valence-corrected chi connectivity index (χ0v) is 8.97. The van der Waals surface area contributed by atoms with Crippen molar-refractivity contribution in [2.24, 2.45) is 23.7 Å². The molecular formula is C14H20. The topological polar surface area (TPSA) is 0 Å². The average molecular weight is 188 g/mol. The molecule has 4 bridgehead atoms. The van der Waals surface area contributed by atoms with Crippen LogP contribution in [0.5, 0.6) is 0 Å². The van der Waals surface area contributed by atoms with Gasteiger partial charge in [-0.3, -0.25) is 0 Å². The highest BCUT2D eigenvalue weighted by atomic mass is 14.5. The van der Waals surface area contributed by atoms with Gasteiger partial charge in [-0.1, -0.05) is 11.1 Å². The van der Waals surface area contributed by atoms with Crippen LogP contribution in [0, 0.1) is 23.7 Å². The molecule has 14 heavy (non-hydrogen) atoms. The molecule has 0 amide bonds. The Morgan fingerprint density at radius 1 is 0.643 bits per heavy atom. The highest BCUT2D eigenvalue weighted by Gasteiger charge is 2.42. The normalized spacial score (nSPS) is 54.9. The molecule has 0 radical (unpaired) electrons. The van der Waals surface area contributed by atoms with Crippen LogP contribution >= 0.6 is 0 Å². The Balaban J connectivity index is 1.70. The van der Waals surface area contributed by atoms with E-state index in [2.05, 4.69) is 0 Å². The first kappa shape index (κ1) is 7.96. The van der Waals surface area contributed by atoms with Gasteiger partial charge in [0.2, 0.25) is 0 Å². The monoisotopic (exact) mass is 188 g/mol. The molecule has 4 rings (SSSR count). The minimum atomic E-state index is 1.06. The van der Waals surface area contributed by atoms with Gasteiger partial charge in [-0.25, -0.2) is 0 Å². The molecule has 76 valence electrons. The van der Waals surface area contributed by atoms with Crippen molar-refractivity contribution < 1.29 is 0 Å². The van der Waals surface area contributed by atoms with Gasteiger partial charge in [-0.05, 0) is 75.0 Å². The van der Waals surface area contributed by atoms with Crippen molar-refractivity contribution >= 4 is 0 Å². The Morgan fingerprint density at radius 2 is 1.14 bits per heavy atom. The molecule has 0 aromatic carbocycles. The average Bonchev–Trinajstić information content (AvgIpc) is 2.96. The number of hydrogen-bond acceptors (Lipinski definition) is 0. The molecule has 4 saturated carbocycles. The van der Waals surface area contributed by atoms with Crippen molar-refractivity contribution in [1.82, 2.24) is 0 Å². The number of hydrogen-bond donors (Lipinski definition) is 0. The largest absolute Gasteiger partial charge is 0.0673 e. The van der Waals surface area contributed by atoms with E-state index in [4.69, 9.17) is 0 Å². The predicted octanol–water partition coefficient (Wildman–Crippen LogP) is 3.92. The fourth-order valence-electron chi connectivity index (χ4n) is 4.90. The minimum absolute atomic E-state index is 1.06. The van der Waals surface area contributed by atoms with Crippen molar-refractivity contribution in [3.05, 3.63) is 11.1 Å². The molecule has 4 unspecified atom stereocenters. The maximum Gasteiger partial charge on any atom is -0.0197 e. The zero-order chi connectivity index (χ0) is 9.12. The van der Waals surface area contributed by atoms with E-state index in [1.165, 1.54) is 12.8 Å². The van der Waals surface area contributed by atoms with Gasteiger partial charge in [0.1, 0.15) is 0 Å². The predicted molar refractivity (Wildman–Crippen MR) is 57.9 cm³/mol. The maximum atomic E-state index is 1.98. The second-order valence-corrected chi connectivity index (χ2v) is 6.21. The number of fused-ring (bicyclic) bond motifs is 4. The highest BCUT2D eigenvalue weighted by Crippen LogP contribution is 2.56. The summed E-state index contributed by atoms with van der Waals surface area (Å²) in [7, 11) is 0. The molecule has 4 aliphatic rings. The Kier molecular flexibility index (Phi) is 1.51. The van der Waals surface area contributed by atoms with E-state index in [-0.39, 0.29) is 0 Å². The molecule has 0 aliphatic heterocycles. The fourth-order valence-corrected chi connectivity index (χ4v) is 4.90. The quantitative estimate of drug-likeness (QED) is 0.505. The minimum Gasteiger partial charge on any atom is -0.0673 e. The number of rotatable bonds is 0. The zero-order valence-electron chi connectivity index (χ0n) is 8.97. The molecular weight excluding hydrogens is 168 g/mol. The molecule has 0 spiro atoms. The molecule has 0 N–H and O–H groups in total. The summed E-state index contributed by atoms with van der Waals surface area (Å²) in [4.78, 5) is 0. The summed E-state index contributed by atoms with van der Waals surface area (Å²) in [5.74, 6) is 4.35. The van der Waals surface area contributed by atoms with Crippen molar-refractivity contribution in [3.8, 4) is 0 Å². The van der Waals surface area contributed by atoms with Crippen LogP contribution in [0.3, 0.4) is 0 Å². The maximum absolute atomic E-state index is 1.98. The van der Waals surface area contributed by atoms with Crippen LogP contribution in [-0.4, -0.2) is 0 Å². The molecule has 0 heterocycles. The van der Waals surface area contributed by atoms with Crippen LogP contribution in [0.4, 0.5) is 0 Å². The standard InChI is InChI=1S/C14H20/c1-3-11-5-9(1)7-13(11)14-8-10-2-4-12(14)6-10/h9-12H,1-8H2. The van der Waals surface area contributed by atoms with E-state index < -0.39 is 0 Å². The molecule has 4 atom stereocenters. The summed E-state index contributed by atoms with van der Waals surface area (Å²) in [5.41, 5.74) is 3.96. The van der Waals surface area contributed by atoms with E-state index in [1.807, 2.05) is 11.1 Å². The summed E-state index contributed by atoms with van der Waals surface area (Å²) in [6, 6.07) is 0. The van der Waals surface area contributed by atoms with E-state index in [0.717, 1.165) is 23.7 Å². The van der Waals surface area contributed by atoms with Crippen LogP contribution in [0.15, 0.2) is 11.1 Å². The molecule has 4 fully saturated rings. The molecule has 0 saturated heterocycles. The van der Waals surface area contributed by atoms with Crippen molar-refractivity contribution in [2.75, 3.05) is 0 Å². The number of allylic oxidation sites excluding steroid dienone is 2. The van der Waals surface area contributed by atoms with Crippen molar-refractivity contribution in [2.45, 2.75) is 51.4 Å². The summed E-state index contributed by atoms with van der Waals surface area (Å²) in [6.07, 6.45) is 12.4. The molecule has 0 heteroatoms. The summed E-state index contributed by atoms with van der Waals surface area (Å²) < 4.78 is 0. The van der Waals surface area contributed by atoms with E-state index in [0.29, 0.717) is 0 Å². The third-order valence-electron chi connectivity index (χ3n) is 5.50. The van der Waals surface area contributed by atoms with Crippen LogP contribution < -0.4 is 0 Å². The van der Waals surface area contributed by atoms with Gasteiger partial charge in [0.15, 0.2) is 0 Å². The fraction of sp³-hybridized carbons (Fsp3) is 0.857. The molecule has 0 nitrogen and oxygen atoms in total. The molecule has 0 aromatic rings. The van der Waals surface area contributed by atoms with Gasteiger partial charge in [0.05, 0.1) is 0 Å². The first-order chi connectivity index (χ1) is 6.90. The Morgan fingerprint density at radius 3 is 1.43 bits per heavy atom. The molecule has 4 aliphatic carbocycles. The van der Waals surface area contributed by atoms with E-state index >= 15 is 0 Å². The first-order valence-corrected chi connectivity index (χ1v) is 6.62. The third-order valence-corrected chi connectivity index (χ3v) is 5.50. The first-order valence-electron chi connectivity index (χ1n) is 6.62. The van der Waals surface area contributed by atoms with Gasteiger partial charge in [0.25, 0.3) is 0 Å². The van der Waals surface area contributed by atoms with E-state index in [9.17, 15) is 0 Å². The van der Waals surface area contributed by atoms with Crippen LogP contribution in [0.25, 0.3) is 0 Å². The SMILES string of the molecule is C1CC2CC1CC2=C1CC2CCC1C2. The third kappa shape index (κ3) is 0.951. The molecule has 0 aromatic heterocycles. The Labute approximate surface area is 86.8 Å². The smallest absolute Gasteiger partial charge is 0.0197 e. The lowest BCUT2D eigenvalue weighted by Crippen LogP contribution is -2.07. The van der Waals surface area contributed by atoms with Crippen molar-refractivity contribution in [1.29, 1.82) is 0 Å².